The van der Waals surface area contributed by atoms with Gasteiger partial charge in [-0.05, 0) is 69.4 Å². The van der Waals surface area contributed by atoms with E-state index in [1.54, 1.807) is 18.2 Å². The predicted octanol–water partition coefficient (Wildman–Crippen LogP) is 6.90. The summed E-state index contributed by atoms with van der Waals surface area (Å²) in [6, 6.07) is 24.2. The van der Waals surface area contributed by atoms with Crippen LogP contribution < -0.4 is 10.7 Å². The molecule has 0 unspecified atom stereocenters. The van der Waals surface area contributed by atoms with Crippen molar-refractivity contribution >= 4 is 17.1 Å². The molecule has 5 rings (SSSR count). The highest BCUT2D eigenvalue weighted by Crippen LogP contribution is 2.42. The van der Waals surface area contributed by atoms with Gasteiger partial charge < -0.3 is 14.5 Å². The zero-order chi connectivity index (χ0) is 26.2. The first kappa shape index (κ1) is 24.3. The Bertz CT molecular complexity index is 1570. The van der Waals surface area contributed by atoms with E-state index in [1.165, 1.54) is 0 Å². The van der Waals surface area contributed by atoms with E-state index < -0.39 is 17.2 Å². The Morgan fingerprint density at radius 2 is 1.70 bits per heavy atom. The van der Waals surface area contributed by atoms with Gasteiger partial charge in [0.15, 0.2) is 0 Å². The van der Waals surface area contributed by atoms with E-state index in [4.69, 9.17) is 9.15 Å². The molecule has 1 N–H and O–H groups in total. The van der Waals surface area contributed by atoms with Crippen molar-refractivity contribution in [1.82, 2.24) is 5.32 Å². The molecule has 1 aromatic heterocycles. The number of carbonyl (C=O) groups is 1. The molecule has 0 radical (unpaired) electrons. The average Bonchev–Trinajstić information content (AvgIpc) is 2.85. The van der Waals surface area contributed by atoms with E-state index in [0.717, 1.165) is 30.4 Å². The second-order valence-corrected chi connectivity index (χ2v) is 10.5. The highest BCUT2D eigenvalue weighted by atomic mass is 16.6. The number of nitriles is 1. The van der Waals surface area contributed by atoms with Gasteiger partial charge in [0, 0.05) is 5.56 Å². The normalized spacial score (nSPS) is 14.4. The monoisotopic (exact) mass is 492 g/mol. The first-order valence-corrected chi connectivity index (χ1v) is 12.4. The Hall–Kier alpha value is -4.37. The smallest absolute Gasteiger partial charge is 0.408 e. The molecule has 186 valence electrons. The second kappa shape index (κ2) is 9.25. The fourth-order valence-electron chi connectivity index (χ4n) is 4.79. The lowest BCUT2D eigenvalue weighted by atomic mass is 9.71. The molecular formula is C31H28N2O4. The highest BCUT2D eigenvalue weighted by Gasteiger charge is 2.41. The van der Waals surface area contributed by atoms with Crippen molar-refractivity contribution in [2.24, 2.45) is 0 Å². The summed E-state index contributed by atoms with van der Waals surface area (Å²) in [6.45, 7) is 5.52. The van der Waals surface area contributed by atoms with E-state index in [9.17, 15) is 14.9 Å². The molecule has 1 heterocycles. The number of alkyl carbamates (subject to hydrolysis) is 1. The van der Waals surface area contributed by atoms with Crippen molar-refractivity contribution in [2.45, 2.75) is 51.2 Å². The number of amides is 1. The van der Waals surface area contributed by atoms with Crippen molar-refractivity contribution in [3.63, 3.8) is 0 Å². The molecule has 1 aliphatic rings. The molecular weight excluding hydrogens is 464 g/mol. The van der Waals surface area contributed by atoms with E-state index in [0.29, 0.717) is 33.4 Å². The summed E-state index contributed by atoms with van der Waals surface area (Å²) in [5.74, 6) is 0.473. The zero-order valence-corrected chi connectivity index (χ0v) is 21.1. The molecule has 1 saturated carbocycles. The lowest BCUT2D eigenvalue weighted by molar-refractivity contribution is 0.0377. The van der Waals surface area contributed by atoms with Crippen molar-refractivity contribution in [3.8, 4) is 28.5 Å². The highest BCUT2D eigenvalue weighted by molar-refractivity contribution is 5.89. The van der Waals surface area contributed by atoms with Crippen LogP contribution in [0.3, 0.4) is 0 Å². The van der Waals surface area contributed by atoms with Crippen LogP contribution in [-0.4, -0.2) is 11.7 Å². The van der Waals surface area contributed by atoms with Crippen LogP contribution in [0.5, 0.6) is 0 Å². The summed E-state index contributed by atoms with van der Waals surface area (Å²) < 4.78 is 11.8. The minimum Gasteiger partial charge on any atom is -0.455 e. The Morgan fingerprint density at radius 3 is 2.30 bits per heavy atom. The minimum atomic E-state index is -0.581. The zero-order valence-electron chi connectivity index (χ0n) is 21.1. The number of hydrogen-bond acceptors (Lipinski definition) is 5. The third kappa shape index (κ3) is 4.73. The third-order valence-electron chi connectivity index (χ3n) is 6.73. The van der Waals surface area contributed by atoms with Gasteiger partial charge in [0.1, 0.15) is 16.9 Å². The molecule has 1 fully saturated rings. The largest absolute Gasteiger partial charge is 0.455 e. The summed E-state index contributed by atoms with van der Waals surface area (Å²) in [7, 11) is 0. The van der Waals surface area contributed by atoms with Crippen molar-refractivity contribution in [1.29, 1.82) is 5.26 Å². The van der Waals surface area contributed by atoms with Gasteiger partial charge in [0.2, 0.25) is 5.43 Å². The molecule has 0 bridgehead atoms. The number of ether oxygens (including phenoxy) is 1. The number of hydrogen-bond donors (Lipinski definition) is 1. The summed E-state index contributed by atoms with van der Waals surface area (Å²) >= 11 is 0. The maximum atomic E-state index is 13.8. The van der Waals surface area contributed by atoms with Gasteiger partial charge in [-0.3, -0.25) is 4.79 Å². The minimum absolute atomic E-state index is 0.199. The van der Waals surface area contributed by atoms with Gasteiger partial charge in [-0.15, -0.1) is 0 Å². The van der Waals surface area contributed by atoms with E-state index in [-0.39, 0.29) is 5.43 Å². The average molecular weight is 493 g/mol. The summed E-state index contributed by atoms with van der Waals surface area (Å²) in [6.07, 6.45) is 2.20. The topological polar surface area (TPSA) is 92.3 Å². The Morgan fingerprint density at radius 1 is 1.00 bits per heavy atom. The number of fused-ring (bicyclic) bond motifs is 1. The molecule has 1 amide bonds. The quantitative estimate of drug-likeness (QED) is 0.334. The van der Waals surface area contributed by atoms with Gasteiger partial charge in [0.25, 0.3) is 0 Å². The molecule has 0 spiro atoms. The van der Waals surface area contributed by atoms with E-state index in [2.05, 4.69) is 11.4 Å². The first-order chi connectivity index (χ1) is 17.7. The van der Waals surface area contributed by atoms with Gasteiger partial charge in [-0.2, -0.15) is 5.26 Å². The van der Waals surface area contributed by atoms with Crippen molar-refractivity contribution < 1.29 is 13.9 Å². The lowest BCUT2D eigenvalue weighted by Crippen LogP contribution is -2.52. The Labute approximate surface area is 215 Å². The van der Waals surface area contributed by atoms with Crippen LogP contribution in [-0.2, 0) is 10.3 Å². The summed E-state index contributed by atoms with van der Waals surface area (Å²) in [4.78, 5) is 26.3. The molecule has 6 nitrogen and oxygen atoms in total. The second-order valence-electron chi connectivity index (χ2n) is 10.5. The van der Waals surface area contributed by atoms with Crippen LogP contribution in [0.2, 0.25) is 0 Å². The molecule has 3 aromatic carbocycles. The lowest BCUT2D eigenvalue weighted by Gasteiger charge is -2.43. The fraction of sp³-hybridized carbons (Fsp3) is 0.258. The molecule has 4 aromatic rings. The summed E-state index contributed by atoms with van der Waals surface area (Å²) in [5.41, 5.74) is 2.44. The van der Waals surface area contributed by atoms with Crippen molar-refractivity contribution in [2.75, 3.05) is 0 Å². The van der Waals surface area contributed by atoms with Crippen LogP contribution in [0.15, 0.2) is 82.0 Å². The Balaban J connectivity index is 1.59. The van der Waals surface area contributed by atoms with E-state index in [1.807, 2.05) is 75.4 Å². The van der Waals surface area contributed by atoms with Gasteiger partial charge in [-0.25, -0.2) is 4.79 Å². The molecule has 0 aliphatic heterocycles. The number of nitrogens with zero attached hydrogens (tertiary/aromatic N) is 1. The maximum absolute atomic E-state index is 13.8. The maximum Gasteiger partial charge on any atom is 0.408 e. The van der Waals surface area contributed by atoms with Crippen molar-refractivity contribution in [3.05, 3.63) is 94.1 Å². The molecule has 1 aliphatic carbocycles. The van der Waals surface area contributed by atoms with Crippen LogP contribution in [0.1, 0.15) is 51.2 Å². The Kier molecular flexibility index (Phi) is 6.08. The number of benzene rings is 3. The summed E-state index contributed by atoms with van der Waals surface area (Å²) in [5, 5.41) is 12.8. The number of nitrogens with one attached hydrogen (secondary N) is 1. The van der Waals surface area contributed by atoms with Crippen LogP contribution in [0.4, 0.5) is 4.79 Å². The molecule has 0 atom stereocenters. The fourth-order valence-corrected chi connectivity index (χ4v) is 4.79. The third-order valence-corrected chi connectivity index (χ3v) is 6.73. The van der Waals surface area contributed by atoms with Crippen LogP contribution in [0, 0.1) is 11.3 Å². The number of carbonyl (C=O) groups excluding carboxylic acids is 1. The standard InChI is InChI=1S/C31H28N2O4/c1-30(2,3)37-29(35)33-31(16-7-17-31)23-13-11-21(12-14-23)26-27(34)24-18-20(19-32)10-15-25(24)36-28(26)22-8-5-4-6-9-22/h4-6,8-15,18H,7,16-17H2,1-3H3,(H,33,35). The first-order valence-electron chi connectivity index (χ1n) is 12.4. The van der Waals surface area contributed by atoms with Crippen LogP contribution >= 0.6 is 0 Å². The molecule has 6 heteroatoms. The van der Waals surface area contributed by atoms with E-state index >= 15 is 0 Å². The van der Waals surface area contributed by atoms with Crippen LogP contribution in [0.25, 0.3) is 33.4 Å². The molecule has 0 saturated heterocycles. The van der Waals surface area contributed by atoms with Gasteiger partial charge in [-0.1, -0.05) is 54.6 Å². The predicted molar refractivity (Wildman–Crippen MR) is 143 cm³/mol. The van der Waals surface area contributed by atoms with Gasteiger partial charge in [0.05, 0.1) is 28.1 Å². The number of rotatable bonds is 4. The molecule has 37 heavy (non-hydrogen) atoms. The van der Waals surface area contributed by atoms with Gasteiger partial charge >= 0.3 is 6.09 Å². The SMILES string of the molecule is CC(C)(C)OC(=O)NC1(c2ccc(-c3c(-c4ccccc4)oc4ccc(C#N)cc4c3=O)cc2)CCC1.